The van der Waals surface area contributed by atoms with Crippen molar-refractivity contribution in [2.75, 3.05) is 50.8 Å². The van der Waals surface area contributed by atoms with E-state index in [4.69, 9.17) is 9.47 Å². The number of alkyl halides is 3. The zero-order chi connectivity index (χ0) is 24.0. The molecule has 1 aromatic rings. The van der Waals surface area contributed by atoms with Crippen LogP contribution in [0.15, 0.2) is 24.3 Å². The molecule has 34 heavy (non-hydrogen) atoms. The lowest BCUT2D eigenvalue weighted by Crippen LogP contribution is -2.63. The number of benzene rings is 1. The average molecular weight is 483 g/mol. The largest absolute Gasteiger partial charge is 0.414 e. The molecule has 3 unspecified atom stereocenters. The maximum Gasteiger partial charge on any atom is 0.414 e. The number of amides is 3. The van der Waals surface area contributed by atoms with E-state index in [1.165, 1.54) is 0 Å². The molecule has 5 rings (SSSR count). The number of rotatable bonds is 4. The predicted octanol–water partition coefficient (Wildman–Crippen LogP) is 1.95. The van der Waals surface area contributed by atoms with E-state index >= 15 is 0 Å². The van der Waals surface area contributed by atoms with Gasteiger partial charge in [-0.15, -0.1) is 0 Å². The molecule has 4 heterocycles. The van der Waals surface area contributed by atoms with Gasteiger partial charge in [-0.05, 0) is 31.0 Å². The van der Waals surface area contributed by atoms with Crippen LogP contribution in [0.25, 0.3) is 0 Å². The summed E-state index contributed by atoms with van der Waals surface area (Å²) in [5.74, 6) is 0.119. The Balaban J connectivity index is 1.07. The summed E-state index contributed by atoms with van der Waals surface area (Å²) in [6, 6.07) is 7.83. The number of hydrogen-bond donors (Lipinski definition) is 1. The second-order valence-corrected chi connectivity index (χ2v) is 9.58. The molecule has 0 bridgehead atoms. The van der Waals surface area contributed by atoms with Crippen LogP contribution in [0.2, 0.25) is 0 Å². The van der Waals surface area contributed by atoms with Crippen molar-refractivity contribution in [3.8, 4) is 0 Å². The van der Waals surface area contributed by atoms with E-state index in [1.807, 2.05) is 34.1 Å². The first kappa shape index (κ1) is 23.2. The van der Waals surface area contributed by atoms with Gasteiger partial charge in [-0.3, -0.25) is 4.79 Å². The number of anilines is 1. The van der Waals surface area contributed by atoms with Crippen molar-refractivity contribution in [1.29, 1.82) is 0 Å². The van der Waals surface area contributed by atoms with Gasteiger partial charge in [-0.2, -0.15) is 13.2 Å². The monoisotopic (exact) mass is 482 g/mol. The Morgan fingerprint density at radius 2 is 1.82 bits per heavy atom. The smallest absolute Gasteiger partial charge is 0.366 e. The fourth-order valence-corrected chi connectivity index (χ4v) is 4.98. The molecular weight excluding hydrogens is 453 g/mol. The maximum atomic E-state index is 12.9. The highest BCUT2D eigenvalue weighted by atomic mass is 19.4. The molecule has 0 saturated carbocycles. The number of fused-ring (bicyclic) bond motifs is 1. The number of carbonyl (C=O) groups is 2. The summed E-state index contributed by atoms with van der Waals surface area (Å²) in [7, 11) is 0. The van der Waals surface area contributed by atoms with E-state index in [9.17, 15) is 22.8 Å². The van der Waals surface area contributed by atoms with E-state index in [1.54, 1.807) is 4.90 Å². The summed E-state index contributed by atoms with van der Waals surface area (Å²) in [5.41, 5.74) is 2.09. The summed E-state index contributed by atoms with van der Waals surface area (Å²) in [6.45, 7) is 4.37. The van der Waals surface area contributed by atoms with Crippen molar-refractivity contribution >= 4 is 17.6 Å². The van der Waals surface area contributed by atoms with Crippen molar-refractivity contribution in [3.63, 3.8) is 0 Å². The average Bonchev–Trinajstić information content (AvgIpc) is 2.74. The highest BCUT2D eigenvalue weighted by molar-refractivity contribution is 5.79. The van der Waals surface area contributed by atoms with E-state index in [2.05, 4.69) is 5.32 Å². The Morgan fingerprint density at radius 3 is 2.50 bits per heavy atom. The van der Waals surface area contributed by atoms with Crippen LogP contribution in [-0.4, -0.2) is 98.1 Å². The lowest BCUT2D eigenvalue weighted by Gasteiger charge is -2.46. The van der Waals surface area contributed by atoms with E-state index < -0.39 is 18.4 Å². The van der Waals surface area contributed by atoms with Gasteiger partial charge in [0.05, 0.1) is 18.2 Å². The molecule has 1 N–H and O–H groups in total. The Hall–Kier alpha value is -2.53. The third-order valence-electron chi connectivity index (χ3n) is 7.18. The molecular formula is C23H29F3N4O4. The second-order valence-electron chi connectivity index (χ2n) is 9.58. The van der Waals surface area contributed by atoms with Gasteiger partial charge in [-0.1, -0.05) is 12.1 Å². The van der Waals surface area contributed by atoms with Crippen molar-refractivity contribution in [3.05, 3.63) is 29.8 Å². The minimum atomic E-state index is -4.34. The number of hydrogen-bond acceptors (Lipinski definition) is 5. The molecule has 1 aromatic carbocycles. The highest BCUT2D eigenvalue weighted by Gasteiger charge is 2.42. The number of nitrogens with zero attached hydrogens (tertiary/aromatic N) is 3. The van der Waals surface area contributed by atoms with E-state index in [-0.39, 0.29) is 36.6 Å². The Kier molecular flexibility index (Phi) is 6.09. The van der Waals surface area contributed by atoms with Crippen LogP contribution in [-0.2, 0) is 14.3 Å². The molecule has 4 aliphatic heterocycles. The zero-order valence-corrected chi connectivity index (χ0v) is 19.0. The van der Waals surface area contributed by atoms with Gasteiger partial charge >= 0.3 is 12.2 Å². The summed E-state index contributed by atoms with van der Waals surface area (Å²) < 4.78 is 48.5. The van der Waals surface area contributed by atoms with E-state index in [0.717, 1.165) is 18.2 Å². The predicted molar refractivity (Wildman–Crippen MR) is 117 cm³/mol. The fraction of sp³-hybridized carbons (Fsp3) is 0.652. The van der Waals surface area contributed by atoms with Crippen LogP contribution in [0, 0.1) is 0 Å². The number of carbonyl (C=O) groups excluding carboxylic acids is 2. The summed E-state index contributed by atoms with van der Waals surface area (Å²) >= 11 is 0. The summed E-state index contributed by atoms with van der Waals surface area (Å²) in [5, 5.41) is 2.92. The molecule has 0 aromatic heterocycles. The SMILES string of the molecule is CC(OC1CN(c2ccc(C3CN(C(=O)N4CCC5OCC(=O)NC5C4)C3)cc2)C1)C(F)(F)F. The Morgan fingerprint density at radius 1 is 1.12 bits per heavy atom. The molecule has 3 amide bonds. The minimum absolute atomic E-state index is 0.00847. The van der Waals surface area contributed by atoms with Crippen LogP contribution >= 0.6 is 0 Å². The van der Waals surface area contributed by atoms with Crippen molar-refractivity contribution in [2.45, 2.75) is 49.8 Å². The number of piperidine rings is 1. The molecule has 0 aliphatic carbocycles. The molecule has 0 radical (unpaired) electrons. The van der Waals surface area contributed by atoms with Crippen LogP contribution < -0.4 is 10.2 Å². The summed E-state index contributed by atoms with van der Waals surface area (Å²) in [4.78, 5) is 30.1. The normalized spacial score (nSPS) is 26.9. The van der Waals surface area contributed by atoms with Crippen LogP contribution in [0.1, 0.15) is 24.8 Å². The lowest BCUT2D eigenvalue weighted by molar-refractivity contribution is -0.228. The highest BCUT2D eigenvalue weighted by Crippen LogP contribution is 2.32. The molecule has 4 aliphatic rings. The van der Waals surface area contributed by atoms with Gasteiger partial charge < -0.3 is 29.5 Å². The topological polar surface area (TPSA) is 74.3 Å². The third-order valence-corrected chi connectivity index (χ3v) is 7.18. The van der Waals surface area contributed by atoms with Crippen LogP contribution in [0.5, 0.6) is 0 Å². The van der Waals surface area contributed by atoms with Crippen LogP contribution in [0.3, 0.4) is 0 Å². The minimum Gasteiger partial charge on any atom is -0.366 e. The first-order valence-corrected chi connectivity index (χ1v) is 11.7. The molecule has 3 atom stereocenters. The molecule has 8 nitrogen and oxygen atoms in total. The molecule has 11 heteroatoms. The van der Waals surface area contributed by atoms with Gasteiger partial charge in [0.2, 0.25) is 5.91 Å². The van der Waals surface area contributed by atoms with Crippen molar-refractivity contribution in [1.82, 2.24) is 15.1 Å². The number of nitrogens with one attached hydrogen (secondary N) is 1. The quantitative estimate of drug-likeness (QED) is 0.710. The van der Waals surface area contributed by atoms with Gasteiger partial charge in [-0.25, -0.2) is 4.79 Å². The number of halogens is 3. The van der Waals surface area contributed by atoms with E-state index in [0.29, 0.717) is 45.7 Å². The summed E-state index contributed by atoms with van der Waals surface area (Å²) in [6.07, 6.45) is -5.82. The number of urea groups is 1. The molecule has 0 spiro atoms. The number of morpholine rings is 1. The third kappa shape index (κ3) is 4.68. The standard InChI is InChI=1S/C23H29F3N4O4/c1-14(23(24,25)26)34-18-10-29(11-18)17-4-2-15(3-5-17)16-8-30(9-16)22(32)28-7-6-20-19(12-28)27-21(31)13-33-20/h2-5,14,16,18-20H,6-13H2,1H3,(H,27,31). The molecule has 4 saturated heterocycles. The number of likely N-dealkylation sites (tertiary alicyclic amines) is 2. The van der Waals surface area contributed by atoms with Crippen molar-refractivity contribution in [2.24, 2.45) is 0 Å². The van der Waals surface area contributed by atoms with Gasteiger partial charge in [0, 0.05) is 50.9 Å². The van der Waals surface area contributed by atoms with Crippen LogP contribution in [0.4, 0.5) is 23.7 Å². The first-order valence-electron chi connectivity index (χ1n) is 11.7. The van der Waals surface area contributed by atoms with Gasteiger partial charge in [0.1, 0.15) is 6.61 Å². The van der Waals surface area contributed by atoms with Crippen molar-refractivity contribution < 1.29 is 32.2 Å². The Labute approximate surface area is 195 Å². The maximum absolute atomic E-state index is 12.9. The van der Waals surface area contributed by atoms with Gasteiger partial charge in [0.15, 0.2) is 6.10 Å². The zero-order valence-electron chi connectivity index (χ0n) is 19.0. The number of ether oxygens (including phenoxy) is 2. The lowest BCUT2D eigenvalue weighted by atomic mass is 9.91. The molecule has 4 fully saturated rings. The Bertz CT molecular complexity index is 916. The molecule has 186 valence electrons. The second kappa shape index (κ2) is 8.92. The van der Waals surface area contributed by atoms with Gasteiger partial charge in [0.25, 0.3) is 0 Å². The first-order chi connectivity index (χ1) is 16.2. The fourth-order valence-electron chi connectivity index (χ4n) is 4.98.